The van der Waals surface area contributed by atoms with Gasteiger partial charge in [-0.3, -0.25) is 4.68 Å². The van der Waals surface area contributed by atoms with Crippen molar-refractivity contribution in [2.24, 2.45) is 7.05 Å². The summed E-state index contributed by atoms with van der Waals surface area (Å²) in [6.07, 6.45) is 4.73. The molecule has 3 heteroatoms. The van der Waals surface area contributed by atoms with Crippen molar-refractivity contribution in [1.29, 1.82) is 0 Å². The van der Waals surface area contributed by atoms with Crippen LogP contribution in [0.5, 0.6) is 0 Å². The molecule has 1 fully saturated rings. The van der Waals surface area contributed by atoms with Gasteiger partial charge in [0.2, 0.25) is 0 Å². The van der Waals surface area contributed by atoms with Crippen molar-refractivity contribution < 1.29 is 0 Å². The van der Waals surface area contributed by atoms with Crippen molar-refractivity contribution in [3.8, 4) is 0 Å². The van der Waals surface area contributed by atoms with Gasteiger partial charge in [-0.2, -0.15) is 5.10 Å². The molecule has 1 N–H and O–H groups in total. The summed E-state index contributed by atoms with van der Waals surface area (Å²) >= 11 is 0. The molecule has 1 aliphatic rings. The zero-order valence-corrected chi connectivity index (χ0v) is 9.95. The highest BCUT2D eigenvalue weighted by Crippen LogP contribution is 2.28. The van der Waals surface area contributed by atoms with Crippen LogP contribution in [0.15, 0.2) is 6.20 Å². The average molecular weight is 207 g/mol. The SMILES string of the molecule is CC(C)c1cn(C)nc1C1CCCNC1. The first kappa shape index (κ1) is 10.7. The Kier molecular flexibility index (Phi) is 3.10. The fraction of sp³-hybridized carbons (Fsp3) is 0.750. The molecule has 15 heavy (non-hydrogen) atoms. The largest absolute Gasteiger partial charge is 0.316 e. The monoisotopic (exact) mass is 207 g/mol. The molecule has 2 heterocycles. The number of aromatic nitrogens is 2. The molecular weight excluding hydrogens is 186 g/mol. The van der Waals surface area contributed by atoms with Crippen LogP contribution in [0, 0.1) is 0 Å². The van der Waals surface area contributed by atoms with Gasteiger partial charge in [0.05, 0.1) is 5.69 Å². The van der Waals surface area contributed by atoms with Gasteiger partial charge in [-0.15, -0.1) is 0 Å². The standard InChI is InChI=1S/C12H21N3/c1-9(2)11-8-15(3)14-12(11)10-5-4-6-13-7-10/h8-10,13H,4-7H2,1-3H3. The van der Waals surface area contributed by atoms with Crippen molar-refractivity contribution >= 4 is 0 Å². The number of hydrogen-bond acceptors (Lipinski definition) is 2. The highest BCUT2D eigenvalue weighted by Gasteiger charge is 2.22. The Morgan fingerprint density at radius 3 is 2.93 bits per heavy atom. The third kappa shape index (κ3) is 2.23. The summed E-state index contributed by atoms with van der Waals surface area (Å²) in [6.45, 7) is 6.75. The van der Waals surface area contributed by atoms with Gasteiger partial charge < -0.3 is 5.32 Å². The van der Waals surface area contributed by atoms with E-state index in [9.17, 15) is 0 Å². The smallest absolute Gasteiger partial charge is 0.0702 e. The van der Waals surface area contributed by atoms with Gasteiger partial charge in [0.1, 0.15) is 0 Å². The molecule has 2 rings (SSSR count). The number of aryl methyl sites for hydroxylation is 1. The molecule has 84 valence electrons. The Balaban J connectivity index is 2.25. The Hall–Kier alpha value is -0.830. The second-order valence-corrected chi connectivity index (χ2v) is 4.84. The maximum atomic E-state index is 4.63. The summed E-state index contributed by atoms with van der Waals surface area (Å²) < 4.78 is 1.96. The van der Waals surface area contributed by atoms with E-state index in [-0.39, 0.29) is 0 Å². The summed E-state index contributed by atoms with van der Waals surface area (Å²) in [4.78, 5) is 0. The first-order valence-corrected chi connectivity index (χ1v) is 5.92. The summed E-state index contributed by atoms with van der Waals surface area (Å²) in [6, 6.07) is 0. The molecule has 3 nitrogen and oxygen atoms in total. The first-order chi connectivity index (χ1) is 7.18. The van der Waals surface area contributed by atoms with Gasteiger partial charge in [-0.25, -0.2) is 0 Å². The summed E-state index contributed by atoms with van der Waals surface area (Å²) in [5.74, 6) is 1.20. The predicted molar refractivity (Wildman–Crippen MR) is 62.1 cm³/mol. The second-order valence-electron chi connectivity index (χ2n) is 4.84. The fourth-order valence-electron chi connectivity index (χ4n) is 2.37. The Bertz CT molecular complexity index is 322. The van der Waals surface area contributed by atoms with E-state index in [1.807, 2.05) is 11.7 Å². The van der Waals surface area contributed by atoms with Gasteiger partial charge in [0.15, 0.2) is 0 Å². The molecule has 0 bridgehead atoms. The van der Waals surface area contributed by atoms with E-state index in [1.165, 1.54) is 30.6 Å². The van der Waals surface area contributed by atoms with Crippen molar-refractivity contribution in [3.63, 3.8) is 0 Å². The lowest BCUT2D eigenvalue weighted by atomic mass is 9.90. The van der Waals surface area contributed by atoms with Crippen LogP contribution in [0.3, 0.4) is 0 Å². The van der Waals surface area contributed by atoms with Crippen LogP contribution in [-0.4, -0.2) is 22.9 Å². The quantitative estimate of drug-likeness (QED) is 0.804. The molecule has 0 saturated carbocycles. The maximum absolute atomic E-state index is 4.63. The molecular formula is C12H21N3. The average Bonchev–Trinajstić information content (AvgIpc) is 2.62. The van der Waals surface area contributed by atoms with E-state index in [0.717, 1.165) is 6.54 Å². The fourth-order valence-corrected chi connectivity index (χ4v) is 2.37. The number of piperidine rings is 1. The molecule has 1 atom stereocenters. The van der Waals surface area contributed by atoms with Crippen LogP contribution < -0.4 is 5.32 Å². The van der Waals surface area contributed by atoms with Crippen molar-refractivity contribution in [2.45, 2.75) is 38.5 Å². The third-order valence-corrected chi connectivity index (χ3v) is 3.19. The molecule has 1 saturated heterocycles. The van der Waals surface area contributed by atoms with Crippen LogP contribution in [-0.2, 0) is 7.05 Å². The zero-order chi connectivity index (χ0) is 10.8. The van der Waals surface area contributed by atoms with E-state index in [2.05, 4.69) is 30.5 Å². The minimum absolute atomic E-state index is 0.579. The Labute approximate surface area is 91.9 Å². The van der Waals surface area contributed by atoms with E-state index in [1.54, 1.807) is 0 Å². The molecule has 0 aromatic carbocycles. The molecule has 0 radical (unpaired) electrons. The van der Waals surface area contributed by atoms with Gasteiger partial charge >= 0.3 is 0 Å². The normalized spacial score (nSPS) is 22.3. The molecule has 0 spiro atoms. The number of hydrogen-bond donors (Lipinski definition) is 1. The third-order valence-electron chi connectivity index (χ3n) is 3.19. The molecule has 1 aromatic rings. The number of nitrogens with one attached hydrogen (secondary N) is 1. The molecule has 0 aliphatic carbocycles. The van der Waals surface area contributed by atoms with Crippen molar-refractivity contribution in [3.05, 3.63) is 17.5 Å². The van der Waals surface area contributed by atoms with E-state index in [4.69, 9.17) is 0 Å². The predicted octanol–water partition coefficient (Wildman–Crippen LogP) is 2.01. The zero-order valence-electron chi connectivity index (χ0n) is 9.95. The van der Waals surface area contributed by atoms with Gasteiger partial charge in [0, 0.05) is 25.7 Å². The van der Waals surface area contributed by atoms with Crippen molar-refractivity contribution in [1.82, 2.24) is 15.1 Å². The minimum atomic E-state index is 0.579. The van der Waals surface area contributed by atoms with Crippen LogP contribution in [0.2, 0.25) is 0 Å². The molecule has 1 aliphatic heterocycles. The highest BCUT2D eigenvalue weighted by atomic mass is 15.3. The second kappa shape index (κ2) is 4.35. The molecule has 1 unspecified atom stereocenters. The van der Waals surface area contributed by atoms with Gasteiger partial charge in [-0.1, -0.05) is 13.8 Å². The van der Waals surface area contributed by atoms with Gasteiger partial charge in [-0.05, 0) is 30.9 Å². The summed E-state index contributed by atoms with van der Waals surface area (Å²) in [7, 11) is 2.02. The number of rotatable bonds is 2. The lowest BCUT2D eigenvalue weighted by Gasteiger charge is -2.22. The first-order valence-electron chi connectivity index (χ1n) is 5.92. The van der Waals surface area contributed by atoms with E-state index >= 15 is 0 Å². The van der Waals surface area contributed by atoms with Crippen molar-refractivity contribution in [2.75, 3.05) is 13.1 Å². The van der Waals surface area contributed by atoms with Crippen LogP contribution >= 0.6 is 0 Å². The maximum Gasteiger partial charge on any atom is 0.0702 e. The molecule has 0 amide bonds. The van der Waals surface area contributed by atoms with Crippen LogP contribution in [0.25, 0.3) is 0 Å². The van der Waals surface area contributed by atoms with E-state index in [0.29, 0.717) is 11.8 Å². The topological polar surface area (TPSA) is 29.9 Å². The summed E-state index contributed by atoms with van der Waals surface area (Å²) in [5, 5.41) is 8.09. The summed E-state index contributed by atoms with van der Waals surface area (Å²) in [5.41, 5.74) is 2.74. The lowest BCUT2D eigenvalue weighted by molar-refractivity contribution is 0.448. The lowest BCUT2D eigenvalue weighted by Crippen LogP contribution is -2.29. The van der Waals surface area contributed by atoms with E-state index < -0.39 is 0 Å². The number of nitrogens with zero attached hydrogens (tertiary/aromatic N) is 2. The van der Waals surface area contributed by atoms with Crippen LogP contribution in [0.4, 0.5) is 0 Å². The van der Waals surface area contributed by atoms with Crippen LogP contribution in [0.1, 0.15) is 49.8 Å². The van der Waals surface area contributed by atoms with Gasteiger partial charge in [0.25, 0.3) is 0 Å². The molecule has 1 aromatic heterocycles. The Morgan fingerprint density at radius 1 is 1.53 bits per heavy atom. The highest BCUT2D eigenvalue weighted by molar-refractivity contribution is 5.25. The Morgan fingerprint density at radius 2 is 2.33 bits per heavy atom. The minimum Gasteiger partial charge on any atom is -0.316 e.